The maximum atomic E-state index is 11.6. The van der Waals surface area contributed by atoms with Gasteiger partial charge in [-0.1, -0.05) is 30.3 Å². The van der Waals surface area contributed by atoms with Crippen molar-refractivity contribution in [3.05, 3.63) is 35.9 Å². The third-order valence-electron chi connectivity index (χ3n) is 2.68. The highest BCUT2D eigenvalue weighted by atomic mass is 16.2. The predicted molar refractivity (Wildman–Crippen MR) is 76.1 cm³/mol. The Labute approximate surface area is 118 Å². The minimum atomic E-state index is -0.169. The van der Waals surface area contributed by atoms with Crippen molar-refractivity contribution in [3.63, 3.8) is 0 Å². The van der Waals surface area contributed by atoms with Crippen molar-refractivity contribution in [2.75, 3.05) is 13.1 Å². The van der Waals surface area contributed by atoms with Gasteiger partial charge in [-0.15, -0.1) is 0 Å². The highest BCUT2D eigenvalue weighted by molar-refractivity contribution is 5.83. The highest BCUT2D eigenvalue weighted by Crippen LogP contribution is 1.98. The first kappa shape index (κ1) is 15.9. The summed E-state index contributed by atoms with van der Waals surface area (Å²) in [6.45, 7) is 2.21. The van der Waals surface area contributed by atoms with Crippen LogP contribution in [-0.2, 0) is 20.8 Å². The monoisotopic (exact) mass is 276 g/mol. The van der Waals surface area contributed by atoms with Gasteiger partial charge in [0.2, 0.25) is 11.8 Å². The van der Waals surface area contributed by atoms with E-state index in [1.165, 1.54) is 6.92 Å². The molecule has 5 nitrogen and oxygen atoms in total. The van der Waals surface area contributed by atoms with Crippen molar-refractivity contribution in [2.24, 2.45) is 0 Å². The summed E-state index contributed by atoms with van der Waals surface area (Å²) in [6.07, 6.45) is 0.790. The second kappa shape index (κ2) is 8.85. The van der Waals surface area contributed by atoms with E-state index in [9.17, 15) is 14.4 Å². The van der Waals surface area contributed by atoms with E-state index in [0.29, 0.717) is 19.5 Å². The largest absolute Gasteiger partial charge is 0.354 e. The molecule has 0 fully saturated rings. The summed E-state index contributed by atoms with van der Waals surface area (Å²) in [7, 11) is 0. The lowest BCUT2D eigenvalue weighted by molar-refractivity contribution is -0.124. The van der Waals surface area contributed by atoms with Gasteiger partial charge in [-0.05, 0) is 12.5 Å². The molecule has 0 bridgehead atoms. The molecule has 0 aliphatic rings. The molecule has 0 saturated heterocycles. The molecular formula is C15H20N2O3. The minimum Gasteiger partial charge on any atom is -0.354 e. The van der Waals surface area contributed by atoms with Crippen molar-refractivity contribution >= 4 is 17.6 Å². The van der Waals surface area contributed by atoms with E-state index in [4.69, 9.17) is 0 Å². The number of nitrogens with one attached hydrogen (secondary N) is 2. The van der Waals surface area contributed by atoms with E-state index in [-0.39, 0.29) is 30.4 Å². The van der Waals surface area contributed by atoms with Gasteiger partial charge in [0.05, 0.1) is 6.42 Å². The van der Waals surface area contributed by atoms with Gasteiger partial charge in [0.15, 0.2) is 0 Å². The zero-order valence-corrected chi connectivity index (χ0v) is 11.6. The van der Waals surface area contributed by atoms with Gasteiger partial charge < -0.3 is 15.4 Å². The van der Waals surface area contributed by atoms with Crippen LogP contribution in [0.3, 0.4) is 0 Å². The van der Waals surface area contributed by atoms with Crippen LogP contribution in [0.15, 0.2) is 30.3 Å². The Hall–Kier alpha value is -2.17. The third kappa shape index (κ3) is 7.31. The van der Waals surface area contributed by atoms with Gasteiger partial charge in [0.25, 0.3) is 0 Å². The first-order valence-corrected chi connectivity index (χ1v) is 6.64. The Balaban J connectivity index is 2.10. The molecule has 20 heavy (non-hydrogen) atoms. The molecular weight excluding hydrogens is 256 g/mol. The Morgan fingerprint density at radius 2 is 1.50 bits per heavy atom. The Morgan fingerprint density at radius 3 is 2.10 bits per heavy atom. The minimum absolute atomic E-state index is 0.00341. The van der Waals surface area contributed by atoms with Crippen LogP contribution < -0.4 is 10.6 Å². The van der Waals surface area contributed by atoms with Crippen LogP contribution in [-0.4, -0.2) is 30.7 Å². The molecule has 0 heterocycles. The molecule has 0 aliphatic carbocycles. The van der Waals surface area contributed by atoms with Crippen LogP contribution in [0, 0.1) is 0 Å². The van der Waals surface area contributed by atoms with E-state index < -0.39 is 0 Å². The molecule has 0 spiro atoms. The highest BCUT2D eigenvalue weighted by Gasteiger charge is 2.04. The van der Waals surface area contributed by atoms with Crippen molar-refractivity contribution in [1.82, 2.24) is 10.6 Å². The molecule has 0 atom stereocenters. The van der Waals surface area contributed by atoms with Crippen molar-refractivity contribution < 1.29 is 14.4 Å². The number of hydrogen-bond donors (Lipinski definition) is 2. The normalized spacial score (nSPS) is 9.85. The fourth-order valence-corrected chi connectivity index (χ4v) is 1.63. The van der Waals surface area contributed by atoms with Crippen molar-refractivity contribution in [3.8, 4) is 0 Å². The molecule has 0 unspecified atom stereocenters. The SMILES string of the molecule is CC(=O)CCC(=O)NCCNC(=O)Cc1ccccc1. The Bertz CT molecular complexity index is 457. The second-order valence-electron chi connectivity index (χ2n) is 4.56. The lowest BCUT2D eigenvalue weighted by Crippen LogP contribution is -2.35. The van der Waals surface area contributed by atoms with Crippen molar-refractivity contribution in [2.45, 2.75) is 26.2 Å². The van der Waals surface area contributed by atoms with Gasteiger partial charge in [-0.25, -0.2) is 0 Å². The van der Waals surface area contributed by atoms with E-state index in [1.807, 2.05) is 30.3 Å². The molecule has 0 aliphatic heterocycles. The fraction of sp³-hybridized carbons (Fsp3) is 0.400. The topological polar surface area (TPSA) is 75.3 Å². The smallest absolute Gasteiger partial charge is 0.224 e. The first-order chi connectivity index (χ1) is 9.58. The van der Waals surface area contributed by atoms with E-state index in [2.05, 4.69) is 10.6 Å². The fourth-order valence-electron chi connectivity index (χ4n) is 1.63. The van der Waals surface area contributed by atoms with Crippen LogP contribution in [0.5, 0.6) is 0 Å². The molecule has 1 rings (SSSR count). The summed E-state index contributed by atoms with van der Waals surface area (Å²) in [4.78, 5) is 33.6. The number of hydrogen-bond acceptors (Lipinski definition) is 3. The lowest BCUT2D eigenvalue weighted by atomic mass is 10.1. The van der Waals surface area contributed by atoms with Gasteiger partial charge in [-0.2, -0.15) is 0 Å². The molecule has 0 aromatic heterocycles. The summed E-state index contributed by atoms with van der Waals surface area (Å²) in [5, 5.41) is 5.38. The summed E-state index contributed by atoms with van der Waals surface area (Å²) in [5.41, 5.74) is 0.954. The van der Waals surface area contributed by atoms with Crippen LogP contribution in [0.4, 0.5) is 0 Å². The number of amides is 2. The Morgan fingerprint density at radius 1 is 0.900 bits per heavy atom. The maximum Gasteiger partial charge on any atom is 0.224 e. The standard InChI is InChI=1S/C15H20N2O3/c1-12(18)7-8-14(19)16-9-10-17-15(20)11-13-5-3-2-4-6-13/h2-6H,7-11H2,1H3,(H,16,19)(H,17,20). The van der Waals surface area contributed by atoms with E-state index in [0.717, 1.165) is 5.56 Å². The summed E-state index contributed by atoms with van der Waals surface area (Å²) >= 11 is 0. The molecule has 2 amide bonds. The van der Waals surface area contributed by atoms with Gasteiger partial charge in [0.1, 0.15) is 5.78 Å². The Kier molecular flexibility index (Phi) is 7.03. The third-order valence-corrected chi connectivity index (χ3v) is 2.68. The van der Waals surface area contributed by atoms with Crippen molar-refractivity contribution in [1.29, 1.82) is 0 Å². The molecule has 0 radical (unpaired) electrons. The zero-order valence-electron chi connectivity index (χ0n) is 11.6. The first-order valence-electron chi connectivity index (χ1n) is 6.64. The summed E-state index contributed by atoms with van der Waals surface area (Å²) in [6, 6.07) is 9.46. The summed E-state index contributed by atoms with van der Waals surface area (Å²) < 4.78 is 0. The molecule has 1 aromatic rings. The second-order valence-corrected chi connectivity index (χ2v) is 4.56. The number of carbonyl (C=O) groups is 3. The van der Waals surface area contributed by atoms with Gasteiger partial charge in [0, 0.05) is 25.9 Å². The lowest BCUT2D eigenvalue weighted by Gasteiger charge is -2.07. The predicted octanol–water partition coefficient (Wildman–Crippen LogP) is 0.831. The maximum absolute atomic E-state index is 11.6. The molecule has 2 N–H and O–H groups in total. The molecule has 5 heteroatoms. The molecule has 0 saturated carbocycles. The number of ketones is 1. The van der Waals surface area contributed by atoms with E-state index in [1.54, 1.807) is 0 Å². The quantitative estimate of drug-likeness (QED) is 0.691. The average molecular weight is 276 g/mol. The van der Waals surface area contributed by atoms with Gasteiger partial charge >= 0.3 is 0 Å². The summed E-state index contributed by atoms with van der Waals surface area (Å²) in [5.74, 6) is -0.247. The van der Waals surface area contributed by atoms with Gasteiger partial charge in [-0.3, -0.25) is 9.59 Å². The number of carbonyl (C=O) groups excluding carboxylic acids is 3. The number of Topliss-reactive ketones (excluding diaryl/α,β-unsaturated/α-hetero) is 1. The zero-order chi connectivity index (χ0) is 14.8. The van der Waals surface area contributed by atoms with Crippen LogP contribution in [0.25, 0.3) is 0 Å². The molecule has 108 valence electrons. The van der Waals surface area contributed by atoms with Crippen LogP contribution in [0.2, 0.25) is 0 Å². The number of benzene rings is 1. The number of rotatable bonds is 8. The molecule has 1 aromatic carbocycles. The van der Waals surface area contributed by atoms with E-state index >= 15 is 0 Å². The average Bonchev–Trinajstić information content (AvgIpc) is 2.42. The van der Waals surface area contributed by atoms with Crippen LogP contribution in [0.1, 0.15) is 25.3 Å². The van der Waals surface area contributed by atoms with Crippen LogP contribution >= 0.6 is 0 Å².